The van der Waals surface area contributed by atoms with Crippen LogP contribution in [0.15, 0.2) is 49.1 Å². The van der Waals surface area contributed by atoms with Gasteiger partial charge in [0.25, 0.3) is 11.8 Å². The quantitative estimate of drug-likeness (QED) is 0.845. The van der Waals surface area contributed by atoms with E-state index in [0.29, 0.717) is 24.2 Å². The van der Waals surface area contributed by atoms with Crippen molar-refractivity contribution in [2.24, 2.45) is 0 Å². The van der Waals surface area contributed by atoms with Gasteiger partial charge in [-0.05, 0) is 38.1 Å². The number of aromatic nitrogens is 2. The summed E-state index contributed by atoms with van der Waals surface area (Å²) < 4.78 is 0. The van der Waals surface area contributed by atoms with Crippen LogP contribution in [0.4, 0.5) is 0 Å². The Morgan fingerprint density at radius 3 is 1.46 bits per heavy atom. The van der Waals surface area contributed by atoms with Crippen LogP contribution in [0.3, 0.4) is 0 Å². The molecule has 6 heteroatoms. The molecule has 2 aromatic heterocycles. The molecule has 0 spiro atoms. The molecule has 6 nitrogen and oxygen atoms in total. The number of hydrogen-bond acceptors (Lipinski definition) is 4. The van der Waals surface area contributed by atoms with Crippen LogP contribution < -0.4 is 0 Å². The van der Waals surface area contributed by atoms with E-state index in [2.05, 4.69) is 9.97 Å². The van der Waals surface area contributed by atoms with E-state index < -0.39 is 0 Å². The van der Waals surface area contributed by atoms with E-state index in [1.165, 1.54) is 0 Å². The third-order valence-electron chi connectivity index (χ3n) is 4.36. The number of rotatable bonds is 2. The highest BCUT2D eigenvalue weighted by molar-refractivity contribution is 5.96. The summed E-state index contributed by atoms with van der Waals surface area (Å²) in [5.74, 6) is -0.0412. The molecular weight excluding hydrogens is 304 g/mol. The molecule has 24 heavy (non-hydrogen) atoms. The van der Waals surface area contributed by atoms with Gasteiger partial charge in [-0.25, -0.2) is 0 Å². The van der Waals surface area contributed by atoms with E-state index >= 15 is 0 Å². The average molecular weight is 324 g/mol. The Morgan fingerprint density at radius 2 is 1.12 bits per heavy atom. The minimum atomic E-state index is -0.0485. The molecule has 3 heterocycles. The normalized spacial score (nSPS) is 20.8. The minimum Gasteiger partial charge on any atom is -0.332 e. The highest BCUT2D eigenvalue weighted by atomic mass is 16.2. The zero-order chi connectivity index (χ0) is 17.1. The second-order valence-corrected chi connectivity index (χ2v) is 6.08. The Kier molecular flexibility index (Phi) is 4.55. The number of hydrogen-bond donors (Lipinski definition) is 0. The summed E-state index contributed by atoms with van der Waals surface area (Å²) in [6, 6.07) is 6.77. The minimum absolute atomic E-state index is 0.0206. The van der Waals surface area contributed by atoms with Gasteiger partial charge < -0.3 is 9.80 Å². The Morgan fingerprint density at radius 1 is 0.792 bits per heavy atom. The summed E-state index contributed by atoms with van der Waals surface area (Å²) in [5.41, 5.74) is 1.25. The van der Waals surface area contributed by atoms with Gasteiger partial charge in [0.15, 0.2) is 0 Å². The SMILES string of the molecule is CC1CN(C(=O)c2ccncc2)C(C)CN1C(=O)c1ccncc1. The van der Waals surface area contributed by atoms with Crippen LogP contribution in [0.5, 0.6) is 0 Å². The Hall–Kier alpha value is -2.76. The number of carbonyl (C=O) groups excluding carboxylic acids is 2. The van der Waals surface area contributed by atoms with Crippen molar-refractivity contribution < 1.29 is 9.59 Å². The molecule has 0 radical (unpaired) electrons. The zero-order valence-corrected chi connectivity index (χ0v) is 13.8. The van der Waals surface area contributed by atoms with Crippen molar-refractivity contribution in [2.45, 2.75) is 25.9 Å². The molecular formula is C18H20N4O2. The molecule has 0 aromatic carbocycles. The average Bonchev–Trinajstić information content (AvgIpc) is 2.63. The van der Waals surface area contributed by atoms with Gasteiger partial charge >= 0.3 is 0 Å². The lowest BCUT2D eigenvalue weighted by molar-refractivity contribution is 0.0270. The lowest BCUT2D eigenvalue weighted by atomic mass is 10.1. The van der Waals surface area contributed by atoms with Crippen LogP contribution in [-0.2, 0) is 0 Å². The molecule has 2 aromatic rings. The van der Waals surface area contributed by atoms with Crippen LogP contribution in [0.2, 0.25) is 0 Å². The van der Waals surface area contributed by atoms with Gasteiger partial charge in [-0.2, -0.15) is 0 Å². The Bertz CT molecular complexity index is 657. The number of pyridine rings is 2. The predicted octanol–water partition coefficient (Wildman–Crippen LogP) is 1.85. The molecule has 1 saturated heterocycles. The number of carbonyl (C=O) groups is 2. The van der Waals surface area contributed by atoms with Crippen molar-refractivity contribution in [2.75, 3.05) is 13.1 Å². The highest BCUT2D eigenvalue weighted by Gasteiger charge is 2.35. The second-order valence-electron chi connectivity index (χ2n) is 6.08. The molecule has 2 unspecified atom stereocenters. The summed E-state index contributed by atoms with van der Waals surface area (Å²) in [6.07, 6.45) is 6.46. The van der Waals surface area contributed by atoms with Gasteiger partial charge in [-0.3, -0.25) is 19.6 Å². The van der Waals surface area contributed by atoms with Gasteiger partial charge in [-0.1, -0.05) is 0 Å². The molecule has 1 aliphatic rings. The van der Waals surface area contributed by atoms with Gasteiger partial charge in [-0.15, -0.1) is 0 Å². The summed E-state index contributed by atoms with van der Waals surface area (Å²) in [4.78, 5) is 36.9. The number of amides is 2. The van der Waals surface area contributed by atoms with Crippen LogP contribution in [0, 0.1) is 0 Å². The van der Waals surface area contributed by atoms with Crippen molar-refractivity contribution in [3.63, 3.8) is 0 Å². The smallest absolute Gasteiger partial charge is 0.254 e. The third kappa shape index (κ3) is 3.13. The van der Waals surface area contributed by atoms with E-state index in [9.17, 15) is 9.59 Å². The second kappa shape index (κ2) is 6.78. The van der Waals surface area contributed by atoms with Gasteiger partial charge in [0, 0.05) is 61.1 Å². The predicted molar refractivity (Wildman–Crippen MR) is 89.5 cm³/mol. The summed E-state index contributed by atoms with van der Waals surface area (Å²) in [7, 11) is 0. The van der Waals surface area contributed by atoms with E-state index in [0.717, 1.165) is 0 Å². The maximum absolute atomic E-state index is 12.7. The maximum atomic E-state index is 12.7. The lowest BCUT2D eigenvalue weighted by Crippen LogP contribution is -2.59. The van der Waals surface area contributed by atoms with Gasteiger partial charge in [0.05, 0.1) is 0 Å². The lowest BCUT2D eigenvalue weighted by Gasteiger charge is -2.44. The first kappa shape index (κ1) is 16.1. The van der Waals surface area contributed by atoms with E-state index in [1.54, 1.807) is 49.1 Å². The maximum Gasteiger partial charge on any atom is 0.254 e. The third-order valence-corrected chi connectivity index (χ3v) is 4.36. The first-order valence-electron chi connectivity index (χ1n) is 8.00. The zero-order valence-electron chi connectivity index (χ0n) is 13.8. The van der Waals surface area contributed by atoms with Crippen molar-refractivity contribution >= 4 is 11.8 Å². The fourth-order valence-corrected chi connectivity index (χ4v) is 3.01. The van der Waals surface area contributed by atoms with Crippen LogP contribution in [-0.4, -0.2) is 56.8 Å². The molecule has 1 fully saturated rings. The fourth-order valence-electron chi connectivity index (χ4n) is 3.01. The van der Waals surface area contributed by atoms with Gasteiger partial charge in [0.1, 0.15) is 0 Å². The monoisotopic (exact) mass is 324 g/mol. The van der Waals surface area contributed by atoms with Crippen molar-refractivity contribution in [3.8, 4) is 0 Å². The number of piperazine rings is 1. The molecule has 124 valence electrons. The molecule has 2 amide bonds. The summed E-state index contributed by atoms with van der Waals surface area (Å²) in [5, 5.41) is 0. The summed E-state index contributed by atoms with van der Waals surface area (Å²) >= 11 is 0. The van der Waals surface area contributed by atoms with Crippen LogP contribution >= 0.6 is 0 Å². The van der Waals surface area contributed by atoms with Crippen molar-refractivity contribution in [3.05, 3.63) is 60.2 Å². The van der Waals surface area contributed by atoms with Gasteiger partial charge in [0.2, 0.25) is 0 Å². The number of nitrogens with zero attached hydrogens (tertiary/aromatic N) is 4. The Balaban J connectivity index is 1.75. The molecule has 0 saturated carbocycles. The highest BCUT2D eigenvalue weighted by Crippen LogP contribution is 2.20. The standard InChI is InChI=1S/C18H20N4O2/c1-13-11-22(18(24)16-5-9-20-10-6-16)14(2)12-21(13)17(23)15-3-7-19-8-4-15/h3-10,13-14H,11-12H2,1-2H3. The molecule has 3 rings (SSSR count). The summed E-state index contributed by atoms with van der Waals surface area (Å²) in [6.45, 7) is 4.97. The molecule has 0 aliphatic carbocycles. The first-order valence-corrected chi connectivity index (χ1v) is 8.00. The largest absolute Gasteiger partial charge is 0.332 e. The fraction of sp³-hybridized carbons (Fsp3) is 0.333. The molecule has 2 atom stereocenters. The van der Waals surface area contributed by atoms with Crippen LogP contribution in [0.25, 0.3) is 0 Å². The molecule has 0 bridgehead atoms. The van der Waals surface area contributed by atoms with E-state index in [1.807, 2.05) is 23.6 Å². The molecule has 0 N–H and O–H groups in total. The van der Waals surface area contributed by atoms with E-state index in [-0.39, 0.29) is 23.9 Å². The Labute approximate surface area is 141 Å². The van der Waals surface area contributed by atoms with Crippen LogP contribution in [0.1, 0.15) is 34.6 Å². The first-order chi connectivity index (χ1) is 11.6. The van der Waals surface area contributed by atoms with E-state index in [4.69, 9.17) is 0 Å². The topological polar surface area (TPSA) is 66.4 Å². The van der Waals surface area contributed by atoms with Crippen molar-refractivity contribution in [1.82, 2.24) is 19.8 Å². The van der Waals surface area contributed by atoms with Crippen molar-refractivity contribution in [1.29, 1.82) is 0 Å². The molecule has 1 aliphatic heterocycles.